The maximum Gasteiger partial charge on any atom is 0.405 e. The SMILES string of the molecule is C=C(C)C(=O)OCC(NC(=O)O)C(C)(C)c1ccc(C(=C)C)cc1. The highest BCUT2D eigenvalue weighted by molar-refractivity contribution is 5.87. The van der Waals surface area contributed by atoms with Gasteiger partial charge in [-0.05, 0) is 25.0 Å². The molecule has 5 heteroatoms. The highest BCUT2D eigenvalue weighted by Gasteiger charge is 2.33. The standard InChI is InChI=1S/C19H25NO4/c1-12(2)14-7-9-15(10-8-14)19(5,6)16(20-18(22)23)11-24-17(21)13(3)4/h7-10,16,20H,1,3,11H2,2,4-6H3,(H,22,23). The summed E-state index contributed by atoms with van der Waals surface area (Å²) < 4.78 is 5.16. The number of carbonyl (C=O) groups is 2. The van der Waals surface area contributed by atoms with Crippen molar-refractivity contribution in [3.05, 3.63) is 54.1 Å². The number of nitrogens with one attached hydrogen (secondary N) is 1. The van der Waals surface area contributed by atoms with Gasteiger partial charge in [0.2, 0.25) is 0 Å². The molecule has 1 unspecified atom stereocenters. The van der Waals surface area contributed by atoms with E-state index in [9.17, 15) is 9.59 Å². The van der Waals surface area contributed by atoms with Gasteiger partial charge in [0.25, 0.3) is 0 Å². The molecule has 0 fully saturated rings. The van der Waals surface area contributed by atoms with Gasteiger partial charge in [0.15, 0.2) is 0 Å². The molecule has 0 bridgehead atoms. The highest BCUT2D eigenvalue weighted by Crippen LogP contribution is 2.29. The first-order valence-electron chi connectivity index (χ1n) is 7.64. The van der Waals surface area contributed by atoms with Crippen LogP contribution in [0, 0.1) is 0 Å². The van der Waals surface area contributed by atoms with E-state index in [1.165, 1.54) is 0 Å². The van der Waals surface area contributed by atoms with Gasteiger partial charge in [0.05, 0.1) is 6.04 Å². The van der Waals surface area contributed by atoms with Crippen molar-refractivity contribution in [3.8, 4) is 0 Å². The molecule has 0 aliphatic rings. The van der Waals surface area contributed by atoms with Gasteiger partial charge in [0, 0.05) is 11.0 Å². The van der Waals surface area contributed by atoms with Crippen molar-refractivity contribution >= 4 is 17.6 Å². The van der Waals surface area contributed by atoms with E-state index in [4.69, 9.17) is 9.84 Å². The number of carboxylic acid groups (broad SMARTS) is 1. The first-order chi connectivity index (χ1) is 11.1. The molecule has 0 aromatic heterocycles. The third kappa shape index (κ3) is 4.98. The van der Waals surface area contributed by atoms with Gasteiger partial charge >= 0.3 is 12.1 Å². The normalized spacial score (nSPS) is 12.2. The lowest BCUT2D eigenvalue weighted by molar-refractivity contribution is -0.140. The van der Waals surface area contributed by atoms with E-state index in [0.717, 1.165) is 16.7 Å². The molecule has 1 rings (SSSR count). The van der Waals surface area contributed by atoms with Gasteiger partial charge < -0.3 is 15.2 Å². The van der Waals surface area contributed by atoms with Crippen molar-refractivity contribution in [3.63, 3.8) is 0 Å². The summed E-state index contributed by atoms with van der Waals surface area (Å²) >= 11 is 0. The molecule has 0 heterocycles. The molecular weight excluding hydrogens is 306 g/mol. The second-order valence-corrected chi connectivity index (χ2v) is 6.46. The fourth-order valence-corrected chi connectivity index (χ4v) is 2.25. The van der Waals surface area contributed by atoms with Gasteiger partial charge in [0.1, 0.15) is 6.61 Å². The Balaban J connectivity index is 3.04. The molecule has 5 nitrogen and oxygen atoms in total. The molecule has 0 spiro atoms. The zero-order chi connectivity index (χ0) is 18.5. The summed E-state index contributed by atoms with van der Waals surface area (Å²) in [5.74, 6) is -0.541. The van der Waals surface area contributed by atoms with Crippen LogP contribution in [0.4, 0.5) is 4.79 Å². The van der Waals surface area contributed by atoms with Crippen LogP contribution in [0.2, 0.25) is 0 Å². The van der Waals surface area contributed by atoms with Crippen molar-refractivity contribution in [2.24, 2.45) is 0 Å². The smallest absolute Gasteiger partial charge is 0.405 e. The van der Waals surface area contributed by atoms with Crippen LogP contribution in [0.15, 0.2) is 43.0 Å². The number of ether oxygens (including phenoxy) is 1. The molecule has 0 saturated carbocycles. The molecule has 0 aliphatic heterocycles. The van der Waals surface area contributed by atoms with Crippen LogP contribution in [0.5, 0.6) is 0 Å². The Hall–Kier alpha value is -2.56. The van der Waals surface area contributed by atoms with Crippen LogP contribution in [0.3, 0.4) is 0 Å². The predicted octanol–water partition coefficient (Wildman–Crippen LogP) is 3.75. The average Bonchev–Trinajstić information content (AvgIpc) is 2.50. The Labute approximate surface area is 143 Å². The number of allylic oxidation sites excluding steroid dienone is 1. The minimum absolute atomic E-state index is 0.0762. The van der Waals surface area contributed by atoms with Gasteiger partial charge in [-0.15, -0.1) is 0 Å². The summed E-state index contributed by atoms with van der Waals surface area (Å²) in [6.07, 6.45) is -1.17. The van der Waals surface area contributed by atoms with Crippen LogP contribution in [0.1, 0.15) is 38.8 Å². The summed E-state index contributed by atoms with van der Waals surface area (Å²) in [7, 11) is 0. The highest BCUT2D eigenvalue weighted by atomic mass is 16.5. The van der Waals surface area contributed by atoms with Crippen LogP contribution < -0.4 is 5.32 Å². The Morgan fingerprint density at radius 3 is 2.17 bits per heavy atom. The molecular formula is C19H25NO4. The first kappa shape index (κ1) is 19.5. The number of amides is 1. The van der Waals surface area contributed by atoms with Crippen molar-refractivity contribution < 1.29 is 19.4 Å². The molecule has 0 aliphatic carbocycles. The molecule has 1 amide bonds. The van der Waals surface area contributed by atoms with Gasteiger partial charge in [-0.25, -0.2) is 9.59 Å². The fraction of sp³-hybridized carbons (Fsp3) is 0.368. The summed E-state index contributed by atoms with van der Waals surface area (Å²) in [6, 6.07) is 7.14. The maximum atomic E-state index is 11.6. The van der Waals surface area contributed by atoms with Gasteiger partial charge in [-0.2, -0.15) is 0 Å². The fourth-order valence-electron chi connectivity index (χ4n) is 2.25. The molecule has 24 heavy (non-hydrogen) atoms. The van der Waals surface area contributed by atoms with E-state index in [-0.39, 0.29) is 12.2 Å². The average molecular weight is 331 g/mol. The number of carbonyl (C=O) groups excluding carboxylic acids is 1. The third-order valence-corrected chi connectivity index (χ3v) is 4.02. The van der Waals surface area contributed by atoms with Crippen LogP contribution >= 0.6 is 0 Å². The molecule has 1 aromatic rings. The van der Waals surface area contributed by atoms with Crippen molar-refractivity contribution in [2.45, 2.75) is 39.2 Å². The van der Waals surface area contributed by atoms with E-state index in [1.807, 2.05) is 45.0 Å². The van der Waals surface area contributed by atoms with Crippen LogP contribution in [0.25, 0.3) is 5.57 Å². The van der Waals surface area contributed by atoms with Gasteiger partial charge in [-0.3, -0.25) is 0 Å². The minimum Gasteiger partial charge on any atom is -0.465 e. The lowest BCUT2D eigenvalue weighted by Crippen LogP contribution is -2.50. The van der Waals surface area contributed by atoms with Crippen molar-refractivity contribution in [1.82, 2.24) is 5.32 Å². The second-order valence-electron chi connectivity index (χ2n) is 6.46. The topological polar surface area (TPSA) is 75.6 Å². The largest absolute Gasteiger partial charge is 0.465 e. The zero-order valence-electron chi connectivity index (χ0n) is 14.7. The minimum atomic E-state index is -1.17. The molecule has 1 atom stereocenters. The first-order valence-corrected chi connectivity index (χ1v) is 7.64. The Bertz CT molecular complexity index is 644. The lowest BCUT2D eigenvalue weighted by atomic mass is 9.77. The molecule has 2 N–H and O–H groups in total. The number of hydrogen-bond acceptors (Lipinski definition) is 3. The second kappa shape index (κ2) is 7.81. The monoisotopic (exact) mass is 331 g/mol. The maximum absolute atomic E-state index is 11.6. The van der Waals surface area contributed by atoms with Crippen molar-refractivity contribution in [1.29, 1.82) is 0 Å². The van der Waals surface area contributed by atoms with E-state index >= 15 is 0 Å². The van der Waals surface area contributed by atoms with E-state index in [0.29, 0.717) is 0 Å². The lowest BCUT2D eigenvalue weighted by Gasteiger charge is -2.34. The van der Waals surface area contributed by atoms with Crippen molar-refractivity contribution in [2.75, 3.05) is 6.61 Å². The van der Waals surface area contributed by atoms with Gasteiger partial charge in [-0.1, -0.05) is 56.8 Å². The number of esters is 1. The predicted molar refractivity (Wildman–Crippen MR) is 94.9 cm³/mol. The summed E-state index contributed by atoms with van der Waals surface area (Å²) in [5, 5.41) is 11.5. The van der Waals surface area contributed by atoms with E-state index in [1.54, 1.807) is 6.92 Å². The molecule has 130 valence electrons. The van der Waals surface area contributed by atoms with Crippen LogP contribution in [-0.4, -0.2) is 29.8 Å². The number of hydrogen-bond donors (Lipinski definition) is 2. The Morgan fingerprint density at radius 2 is 1.75 bits per heavy atom. The molecule has 0 saturated heterocycles. The molecule has 1 aromatic carbocycles. The van der Waals surface area contributed by atoms with Crippen LogP contribution in [-0.2, 0) is 14.9 Å². The Morgan fingerprint density at radius 1 is 1.21 bits per heavy atom. The summed E-state index contributed by atoms with van der Waals surface area (Å²) in [4.78, 5) is 22.7. The third-order valence-electron chi connectivity index (χ3n) is 4.02. The summed E-state index contributed by atoms with van der Waals surface area (Å²) in [5.41, 5.74) is 2.59. The number of benzene rings is 1. The van der Waals surface area contributed by atoms with E-state index < -0.39 is 23.5 Å². The quantitative estimate of drug-likeness (QED) is 0.589. The molecule has 0 radical (unpaired) electrons. The number of rotatable bonds is 7. The Kier molecular flexibility index (Phi) is 6.35. The summed E-state index contributed by atoms with van der Waals surface area (Å²) in [6.45, 7) is 14.6. The zero-order valence-corrected chi connectivity index (χ0v) is 14.7. The van der Waals surface area contributed by atoms with E-state index in [2.05, 4.69) is 18.5 Å².